The van der Waals surface area contributed by atoms with E-state index in [2.05, 4.69) is 5.32 Å². The van der Waals surface area contributed by atoms with Gasteiger partial charge < -0.3 is 20.9 Å². The van der Waals surface area contributed by atoms with E-state index in [0.717, 1.165) is 11.3 Å². The molecule has 0 aromatic heterocycles. The van der Waals surface area contributed by atoms with Crippen LogP contribution in [0.25, 0.3) is 0 Å². The van der Waals surface area contributed by atoms with Crippen LogP contribution in [0.5, 0.6) is 5.75 Å². The predicted octanol–water partition coefficient (Wildman–Crippen LogP) is 0.587. The van der Waals surface area contributed by atoms with Crippen LogP contribution in [0.1, 0.15) is 12.0 Å². The maximum Gasteiger partial charge on any atom is 0.304 e. The molecule has 1 unspecified atom stereocenters. The van der Waals surface area contributed by atoms with Gasteiger partial charge in [-0.3, -0.25) is 4.79 Å². The molecule has 17 heavy (non-hydrogen) atoms. The predicted molar refractivity (Wildman–Crippen MR) is 64.9 cm³/mol. The van der Waals surface area contributed by atoms with Crippen LogP contribution in [-0.4, -0.2) is 30.8 Å². The Kier molecular flexibility index (Phi) is 5.45. The molecule has 1 aromatic carbocycles. The number of carboxylic acids is 1. The fourth-order valence-electron chi connectivity index (χ4n) is 1.48. The van der Waals surface area contributed by atoms with Crippen LogP contribution in [0.15, 0.2) is 24.3 Å². The number of aliphatic carboxylic acids is 1. The van der Waals surface area contributed by atoms with Gasteiger partial charge in [-0.2, -0.15) is 0 Å². The highest BCUT2D eigenvalue weighted by Crippen LogP contribution is 2.11. The van der Waals surface area contributed by atoms with E-state index in [0.29, 0.717) is 13.1 Å². The van der Waals surface area contributed by atoms with Gasteiger partial charge in [0.2, 0.25) is 0 Å². The van der Waals surface area contributed by atoms with E-state index in [-0.39, 0.29) is 12.5 Å². The van der Waals surface area contributed by atoms with Crippen molar-refractivity contribution in [2.75, 3.05) is 13.7 Å². The van der Waals surface area contributed by atoms with Crippen LogP contribution >= 0.6 is 0 Å². The van der Waals surface area contributed by atoms with E-state index in [1.165, 1.54) is 0 Å². The lowest BCUT2D eigenvalue weighted by Crippen LogP contribution is -2.35. The minimum Gasteiger partial charge on any atom is -0.497 e. The molecule has 0 spiro atoms. The summed E-state index contributed by atoms with van der Waals surface area (Å²) in [4.78, 5) is 10.4. The van der Waals surface area contributed by atoms with Gasteiger partial charge in [0.05, 0.1) is 13.5 Å². The third-order valence-electron chi connectivity index (χ3n) is 2.31. The van der Waals surface area contributed by atoms with Crippen molar-refractivity contribution in [2.24, 2.45) is 5.73 Å². The Balaban J connectivity index is 2.32. The van der Waals surface area contributed by atoms with E-state index < -0.39 is 5.97 Å². The van der Waals surface area contributed by atoms with Crippen molar-refractivity contribution in [1.29, 1.82) is 0 Å². The molecular formula is C12H18N2O3. The number of carboxylic acid groups (broad SMARTS) is 1. The summed E-state index contributed by atoms with van der Waals surface area (Å²) in [6, 6.07) is 7.32. The first-order valence-electron chi connectivity index (χ1n) is 5.43. The first-order chi connectivity index (χ1) is 8.11. The van der Waals surface area contributed by atoms with Crippen LogP contribution in [-0.2, 0) is 11.3 Å². The molecule has 0 aliphatic carbocycles. The van der Waals surface area contributed by atoms with Crippen molar-refractivity contribution in [2.45, 2.75) is 19.0 Å². The average molecular weight is 238 g/mol. The normalized spacial score (nSPS) is 12.1. The summed E-state index contributed by atoms with van der Waals surface area (Å²) in [6.45, 7) is 1.12. The number of benzene rings is 1. The Labute approximate surface area is 101 Å². The monoisotopic (exact) mass is 238 g/mol. The maximum atomic E-state index is 10.4. The molecule has 4 N–H and O–H groups in total. The Hall–Kier alpha value is -1.59. The zero-order chi connectivity index (χ0) is 12.7. The van der Waals surface area contributed by atoms with Gasteiger partial charge in [-0.25, -0.2) is 0 Å². The molecule has 0 fully saturated rings. The molecule has 1 atom stereocenters. The smallest absolute Gasteiger partial charge is 0.304 e. The standard InChI is InChI=1S/C12H18N2O3/c1-17-11-4-2-3-9(5-11)7-14-8-10(13)6-12(15)16/h2-5,10,14H,6-8,13H2,1H3,(H,15,16). The Morgan fingerprint density at radius 1 is 1.59 bits per heavy atom. The zero-order valence-electron chi connectivity index (χ0n) is 9.85. The molecular weight excluding hydrogens is 220 g/mol. The van der Waals surface area contributed by atoms with Gasteiger partial charge in [0.15, 0.2) is 0 Å². The van der Waals surface area contributed by atoms with E-state index in [1.54, 1.807) is 7.11 Å². The summed E-state index contributed by atoms with van der Waals surface area (Å²) < 4.78 is 5.10. The van der Waals surface area contributed by atoms with Gasteiger partial charge in [0, 0.05) is 19.1 Å². The SMILES string of the molecule is COc1cccc(CNCC(N)CC(=O)O)c1. The van der Waals surface area contributed by atoms with Gasteiger partial charge in [0.1, 0.15) is 5.75 Å². The third kappa shape index (κ3) is 5.33. The number of nitrogens with two attached hydrogens (primary N) is 1. The second kappa shape index (κ2) is 6.88. The minimum atomic E-state index is -0.874. The second-order valence-corrected chi connectivity index (χ2v) is 3.84. The van der Waals surface area contributed by atoms with Crippen molar-refractivity contribution in [3.05, 3.63) is 29.8 Å². The van der Waals surface area contributed by atoms with Gasteiger partial charge in [-0.1, -0.05) is 12.1 Å². The lowest BCUT2D eigenvalue weighted by molar-refractivity contribution is -0.137. The highest BCUT2D eigenvalue weighted by atomic mass is 16.5. The average Bonchev–Trinajstić information content (AvgIpc) is 2.28. The minimum absolute atomic E-state index is 0.0227. The number of ether oxygens (including phenoxy) is 1. The first kappa shape index (κ1) is 13.5. The van der Waals surface area contributed by atoms with E-state index in [9.17, 15) is 4.79 Å². The number of rotatable bonds is 7. The first-order valence-corrected chi connectivity index (χ1v) is 5.43. The Bertz CT molecular complexity index is 369. The molecule has 0 saturated carbocycles. The number of hydrogen-bond acceptors (Lipinski definition) is 4. The highest BCUT2D eigenvalue weighted by molar-refractivity contribution is 5.67. The summed E-state index contributed by atoms with van der Waals surface area (Å²) in [5.41, 5.74) is 6.70. The Morgan fingerprint density at radius 2 is 2.35 bits per heavy atom. The van der Waals surface area contributed by atoms with Crippen molar-refractivity contribution < 1.29 is 14.6 Å². The number of methoxy groups -OCH3 is 1. The maximum absolute atomic E-state index is 10.4. The molecule has 0 aliphatic heterocycles. The van der Waals surface area contributed by atoms with Crippen LogP contribution in [0.3, 0.4) is 0 Å². The molecule has 0 radical (unpaired) electrons. The van der Waals surface area contributed by atoms with E-state index >= 15 is 0 Å². The van der Waals surface area contributed by atoms with Crippen LogP contribution in [0.4, 0.5) is 0 Å². The molecule has 5 heteroatoms. The zero-order valence-corrected chi connectivity index (χ0v) is 9.85. The third-order valence-corrected chi connectivity index (χ3v) is 2.31. The van der Waals surface area contributed by atoms with Crippen LogP contribution in [0.2, 0.25) is 0 Å². The highest BCUT2D eigenvalue weighted by Gasteiger charge is 2.07. The van der Waals surface area contributed by atoms with Crippen molar-refractivity contribution in [1.82, 2.24) is 5.32 Å². The quantitative estimate of drug-likeness (QED) is 0.647. The fourth-order valence-corrected chi connectivity index (χ4v) is 1.48. The van der Waals surface area contributed by atoms with Gasteiger partial charge in [0.25, 0.3) is 0 Å². The van der Waals surface area contributed by atoms with Gasteiger partial charge in [-0.15, -0.1) is 0 Å². The molecule has 0 bridgehead atoms. The number of hydrogen-bond donors (Lipinski definition) is 3. The summed E-state index contributed by atoms with van der Waals surface area (Å²) >= 11 is 0. The topological polar surface area (TPSA) is 84.6 Å². The largest absolute Gasteiger partial charge is 0.497 e. The Morgan fingerprint density at radius 3 is 3.00 bits per heavy atom. The lowest BCUT2D eigenvalue weighted by atomic mass is 10.2. The van der Waals surface area contributed by atoms with Gasteiger partial charge in [-0.05, 0) is 17.7 Å². The van der Waals surface area contributed by atoms with Gasteiger partial charge >= 0.3 is 5.97 Å². The molecule has 0 aliphatic rings. The van der Waals surface area contributed by atoms with E-state index in [1.807, 2.05) is 24.3 Å². The molecule has 0 amide bonds. The second-order valence-electron chi connectivity index (χ2n) is 3.84. The molecule has 1 rings (SSSR count). The summed E-state index contributed by atoms with van der Waals surface area (Å²) in [6.07, 6.45) is -0.0227. The number of carbonyl (C=O) groups is 1. The summed E-state index contributed by atoms with van der Waals surface area (Å²) in [7, 11) is 1.62. The molecule has 5 nitrogen and oxygen atoms in total. The summed E-state index contributed by atoms with van der Waals surface area (Å²) in [5.74, 6) is -0.0696. The molecule has 1 aromatic rings. The number of nitrogens with one attached hydrogen (secondary N) is 1. The van der Waals surface area contributed by atoms with Crippen LogP contribution in [0, 0.1) is 0 Å². The van der Waals surface area contributed by atoms with Crippen molar-refractivity contribution in [3.8, 4) is 5.75 Å². The van der Waals surface area contributed by atoms with E-state index in [4.69, 9.17) is 15.6 Å². The molecule has 0 saturated heterocycles. The van der Waals surface area contributed by atoms with Crippen molar-refractivity contribution >= 4 is 5.97 Å². The molecule has 0 heterocycles. The molecule has 94 valence electrons. The summed E-state index contributed by atoms with van der Waals surface area (Å²) in [5, 5.41) is 11.7. The van der Waals surface area contributed by atoms with Crippen LogP contribution < -0.4 is 15.8 Å². The van der Waals surface area contributed by atoms with Crippen molar-refractivity contribution in [3.63, 3.8) is 0 Å². The lowest BCUT2D eigenvalue weighted by Gasteiger charge is -2.10. The fraction of sp³-hybridized carbons (Fsp3) is 0.417.